The Bertz CT molecular complexity index is 1020. The summed E-state index contributed by atoms with van der Waals surface area (Å²) < 4.78 is 0. The van der Waals surface area contributed by atoms with Crippen LogP contribution in [0.15, 0.2) is 60.8 Å². The van der Waals surface area contributed by atoms with E-state index in [9.17, 15) is 4.79 Å². The van der Waals surface area contributed by atoms with Crippen molar-refractivity contribution in [3.05, 3.63) is 72.1 Å². The van der Waals surface area contributed by atoms with E-state index in [1.54, 1.807) is 6.07 Å². The minimum Gasteiger partial charge on any atom is -0.361 e. The van der Waals surface area contributed by atoms with Crippen molar-refractivity contribution in [2.24, 2.45) is 0 Å². The number of hydrogen-bond acceptors (Lipinski definition) is 3. The van der Waals surface area contributed by atoms with Crippen LogP contribution < -0.4 is 5.32 Å². The number of fused-ring (bicyclic) bond motifs is 2. The molecule has 0 bridgehead atoms. The second-order valence-corrected chi connectivity index (χ2v) is 5.65. The van der Waals surface area contributed by atoms with Crippen molar-refractivity contribution in [3.63, 3.8) is 0 Å². The summed E-state index contributed by atoms with van der Waals surface area (Å²) in [7, 11) is 0. The fraction of sp³-hybridized carbons (Fsp3) is 0.105. The van der Waals surface area contributed by atoms with Crippen LogP contribution in [0.5, 0.6) is 0 Å². The number of nitrogens with one attached hydrogen (secondary N) is 2. The van der Waals surface area contributed by atoms with Crippen molar-refractivity contribution in [2.75, 3.05) is 6.54 Å². The van der Waals surface area contributed by atoms with Gasteiger partial charge in [0, 0.05) is 29.0 Å². The fourth-order valence-electron chi connectivity index (χ4n) is 2.84. The third-order valence-corrected chi connectivity index (χ3v) is 4.08. The molecule has 0 unspecified atom stereocenters. The normalized spacial score (nSPS) is 11.0. The minimum absolute atomic E-state index is 0.201. The lowest BCUT2D eigenvalue weighted by Crippen LogP contribution is -2.26. The fourth-order valence-corrected chi connectivity index (χ4v) is 2.84. The lowest BCUT2D eigenvalue weighted by Gasteiger charge is -2.05. The predicted molar refractivity (Wildman–Crippen MR) is 93.9 cm³/mol. The van der Waals surface area contributed by atoms with Crippen LogP contribution in [-0.2, 0) is 6.42 Å². The number of benzene rings is 2. The van der Waals surface area contributed by atoms with Crippen molar-refractivity contribution >= 4 is 27.7 Å². The number of carbonyl (C=O) groups is 1. The van der Waals surface area contributed by atoms with E-state index in [0.717, 1.165) is 22.8 Å². The van der Waals surface area contributed by atoms with Gasteiger partial charge >= 0.3 is 0 Å². The molecule has 2 aromatic heterocycles. The number of carbonyl (C=O) groups excluding carboxylic acids is 1. The number of para-hydroxylation sites is 1. The van der Waals surface area contributed by atoms with Gasteiger partial charge in [-0.15, -0.1) is 10.2 Å². The molecule has 2 heterocycles. The second kappa shape index (κ2) is 6.12. The Balaban J connectivity index is 1.44. The molecule has 0 saturated heterocycles. The monoisotopic (exact) mass is 316 g/mol. The average molecular weight is 316 g/mol. The van der Waals surface area contributed by atoms with E-state index in [2.05, 4.69) is 26.6 Å². The van der Waals surface area contributed by atoms with Crippen LogP contribution in [0.25, 0.3) is 21.8 Å². The maximum absolute atomic E-state index is 12.3. The molecule has 0 radical (unpaired) electrons. The zero-order chi connectivity index (χ0) is 16.4. The van der Waals surface area contributed by atoms with E-state index in [0.29, 0.717) is 12.2 Å². The van der Waals surface area contributed by atoms with Gasteiger partial charge in [-0.3, -0.25) is 4.79 Å². The maximum atomic E-state index is 12.3. The van der Waals surface area contributed by atoms with Crippen molar-refractivity contribution < 1.29 is 4.79 Å². The van der Waals surface area contributed by atoms with Crippen molar-refractivity contribution in [3.8, 4) is 0 Å². The Hall–Kier alpha value is -3.21. The van der Waals surface area contributed by atoms with E-state index in [4.69, 9.17) is 0 Å². The van der Waals surface area contributed by atoms with Crippen LogP contribution in [-0.4, -0.2) is 27.6 Å². The number of aromatic amines is 1. The molecule has 0 atom stereocenters. The van der Waals surface area contributed by atoms with Gasteiger partial charge in [-0.25, -0.2) is 0 Å². The van der Waals surface area contributed by atoms with Gasteiger partial charge in [-0.1, -0.05) is 36.4 Å². The number of nitrogens with zero attached hydrogens (tertiary/aromatic N) is 2. The molecule has 0 fully saturated rings. The largest absolute Gasteiger partial charge is 0.361 e. The first-order valence-corrected chi connectivity index (χ1v) is 7.87. The lowest BCUT2D eigenvalue weighted by atomic mass is 10.1. The van der Waals surface area contributed by atoms with Gasteiger partial charge in [0.25, 0.3) is 5.91 Å². The van der Waals surface area contributed by atoms with Crippen molar-refractivity contribution in [1.82, 2.24) is 20.5 Å². The number of H-pyrrole nitrogens is 1. The summed E-state index contributed by atoms with van der Waals surface area (Å²) in [5, 5.41) is 13.1. The van der Waals surface area contributed by atoms with Crippen molar-refractivity contribution in [1.29, 1.82) is 0 Å². The Kier molecular flexibility index (Phi) is 3.67. The van der Waals surface area contributed by atoms with E-state index >= 15 is 0 Å². The number of aromatic nitrogens is 3. The molecule has 0 saturated carbocycles. The summed E-state index contributed by atoms with van der Waals surface area (Å²) in [5.41, 5.74) is 3.43. The Morgan fingerprint density at radius 2 is 1.88 bits per heavy atom. The van der Waals surface area contributed by atoms with Crippen LogP contribution >= 0.6 is 0 Å². The molecule has 5 heteroatoms. The van der Waals surface area contributed by atoms with Gasteiger partial charge < -0.3 is 10.3 Å². The van der Waals surface area contributed by atoms with Gasteiger partial charge in [0.2, 0.25) is 0 Å². The molecule has 0 aliphatic heterocycles. The highest BCUT2D eigenvalue weighted by Crippen LogP contribution is 2.17. The Labute approximate surface area is 138 Å². The summed E-state index contributed by atoms with van der Waals surface area (Å²) in [6.07, 6.45) is 2.75. The summed E-state index contributed by atoms with van der Waals surface area (Å²) in [5.74, 6) is -0.201. The van der Waals surface area contributed by atoms with Crippen LogP contribution in [0.1, 0.15) is 16.1 Å². The van der Waals surface area contributed by atoms with Gasteiger partial charge in [-0.05, 0) is 30.2 Å². The molecule has 118 valence electrons. The Morgan fingerprint density at radius 3 is 2.83 bits per heavy atom. The summed E-state index contributed by atoms with van der Waals surface area (Å²) in [6, 6.07) is 17.5. The Morgan fingerprint density at radius 1 is 1.04 bits per heavy atom. The molecular formula is C19H16N4O. The SMILES string of the molecule is O=C(NCCc1c[nH]c2ccccc12)c1cc2ccccc2nn1. The average Bonchev–Trinajstić information content (AvgIpc) is 3.04. The van der Waals surface area contributed by atoms with E-state index in [1.165, 1.54) is 10.9 Å². The molecule has 1 amide bonds. The first-order valence-electron chi connectivity index (χ1n) is 7.87. The molecule has 24 heavy (non-hydrogen) atoms. The number of rotatable bonds is 4. The highest BCUT2D eigenvalue weighted by atomic mass is 16.1. The van der Waals surface area contributed by atoms with Crippen molar-refractivity contribution in [2.45, 2.75) is 6.42 Å². The van der Waals surface area contributed by atoms with Crippen LogP contribution in [0.3, 0.4) is 0 Å². The van der Waals surface area contributed by atoms with Crippen LogP contribution in [0.4, 0.5) is 0 Å². The van der Waals surface area contributed by atoms with Gasteiger partial charge in [0.05, 0.1) is 5.52 Å². The number of amides is 1. The van der Waals surface area contributed by atoms with E-state index in [1.807, 2.05) is 48.7 Å². The minimum atomic E-state index is -0.201. The molecule has 2 aromatic carbocycles. The molecule has 0 aliphatic carbocycles. The van der Waals surface area contributed by atoms with Gasteiger partial charge in [0.15, 0.2) is 5.69 Å². The summed E-state index contributed by atoms with van der Waals surface area (Å²) >= 11 is 0. The molecule has 4 rings (SSSR count). The quantitative estimate of drug-likeness (QED) is 0.608. The summed E-state index contributed by atoms with van der Waals surface area (Å²) in [6.45, 7) is 0.551. The first kappa shape index (κ1) is 14.4. The van der Waals surface area contributed by atoms with Gasteiger partial charge in [0.1, 0.15) is 0 Å². The highest BCUT2D eigenvalue weighted by molar-refractivity contribution is 5.95. The smallest absolute Gasteiger partial charge is 0.271 e. The van der Waals surface area contributed by atoms with Gasteiger partial charge in [-0.2, -0.15) is 0 Å². The third-order valence-electron chi connectivity index (χ3n) is 4.08. The molecule has 2 N–H and O–H groups in total. The predicted octanol–water partition coefficient (Wildman–Crippen LogP) is 3.08. The molecule has 4 aromatic rings. The number of hydrogen-bond donors (Lipinski definition) is 2. The van der Waals surface area contributed by atoms with E-state index in [-0.39, 0.29) is 5.91 Å². The standard InChI is InChI=1S/C19H16N4O/c24-19(18-11-13-5-1-3-7-16(13)22-23-18)20-10-9-14-12-21-17-8-4-2-6-15(14)17/h1-8,11-12,21H,9-10H2,(H,20,24). The topological polar surface area (TPSA) is 70.7 Å². The summed E-state index contributed by atoms with van der Waals surface area (Å²) in [4.78, 5) is 15.5. The van der Waals surface area contributed by atoms with Crippen LogP contribution in [0, 0.1) is 0 Å². The molecule has 0 aliphatic rings. The lowest BCUT2D eigenvalue weighted by molar-refractivity contribution is 0.0948. The second-order valence-electron chi connectivity index (χ2n) is 5.65. The molecule has 0 spiro atoms. The van der Waals surface area contributed by atoms with Crippen LogP contribution in [0.2, 0.25) is 0 Å². The third kappa shape index (κ3) is 2.72. The highest BCUT2D eigenvalue weighted by Gasteiger charge is 2.09. The molecular weight excluding hydrogens is 300 g/mol. The zero-order valence-corrected chi connectivity index (χ0v) is 13.0. The van der Waals surface area contributed by atoms with E-state index < -0.39 is 0 Å². The zero-order valence-electron chi connectivity index (χ0n) is 13.0. The first-order chi connectivity index (χ1) is 11.8. The molecule has 5 nitrogen and oxygen atoms in total. The maximum Gasteiger partial charge on any atom is 0.271 e.